The van der Waals surface area contributed by atoms with Gasteiger partial charge in [0, 0.05) is 9.90 Å². The van der Waals surface area contributed by atoms with Gasteiger partial charge in [-0.15, -0.1) is 11.3 Å². The first-order chi connectivity index (χ1) is 12.3. The smallest absolute Gasteiger partial charge is 0.341 e. The van der Waals surface area contributed by atoms with Crippen molar-refractivity contribution in [3.05, 3.63) is 44.8 Å². The number of benzene rings is 1. The SMILES string of the molecule is CCc1c(C)sc(NC(=O)[C@@H](C)Oc2ccc(Cl)cc2C)c1C(=O)OC. The molecule has 140 valence electrons. The quantitative estimate of drug-likeness (QED) is 0.715. The number of hydrogen-bond acceptors (Lipinski definition) is 5. The largest absolute Gasteiger partial charge is 0.481 e. The number of ether oxygens (including phenoxy) is 2. The normalized spacial score (nSPS) is 11.8. The van der Waals surface area contributed by atoms with Crippen molar-refractivity contribution in [2.24, 2.45) is 0 Å². The molecule has 0 spiro atoms. The number of amides is 1. The van der Waals surface area contributed by atoms with Crippen LogP contribution in [0.1, 0.15) is 40.2 Å². The second-order valence-corrected chi connectivity index (χ2v) is 7.51. The summed E-state index contributed by atoms with van der Waals surface area (Å²) in [6.07, 6.45) is -0.0635. The number of anilines is 1. The maximum atomic E-state index is 12.6. The van der Waals surface area contributed by atoms with Gasteiger partial charge < -0.3 is 14.8 Å². The van der Waals surface area contributed by atoms with Crippen LogP contribution in [0.4, 0.5) is 5.00 Å². The minimum Gasteiger partial charge on any atom is -0.481 e. The van der Waals surface area contributed by atoms with E-state index in [0.29, 0.717) is 27.8 Å². The molecule has 1 heterocycles. The molecule has 0 aliphatic rings. The molecule has 0 saturated heterocycles. The number of carbonyl (C=O) groups excluding carboxylic acids is 2. The van der Waals surface area contributed by atoms with Crippen LogP contribution < -0.4 is 10.1 Å². The third kappa shape index (κ3) is 4.37. The Morgan fingerprint density at radius 1 is 1.31 bits per heavy atom. The minimum atomic E-state index is -0.743. The molecule has 0 fully saturated rings. The Bertz CT molecular complexity index is 831. The molecular weight excluding hydrogens is 374 g/mol. The minimum absolute atomic E-state index is 0.339. The summed E-state index contributed by atoms with van der Waals surface area (Å²) in [4.78, 5) is 25.7. The lowest BCUT2D eigenvalue weighted by Gasteiger charge is -2.16. The van der Waals surface area contributed by atoms with Crippen LogP contribution in [0.3, 0.4) is 0 Å². The molecule has 1 atom stereocenters. The highest BCUT2D eigenvalue weighted by atomic mass is 35.5. The van der Waals surface area contributed by atoms with Gasteiger partial charge in [-0.3, -0.25) is 4.79 Å². The van der Waals surface area contributed by atoms with E-state index in [-0.39, 0.29) is 5.91 Å². The van der Waals surface area contributed by atoms with E-state index >= 15 is 0 Å². The second kappa shape index (κ2) is 8.56. The van der Waals surface area contributed by atoms with Crippen LogP contribution in [-0.4, -0.2) is 25.1 Å². The van der Waals surface area contributed by atoms with Crippen molar-refractivity contribution in [1.29, 1.82) is 0 Å². The monoisotopic (exact) mass is 395 g/mol. The molecule has 0 radical (unpaired) electrons. The number of halogens is 1. The summed E-state index contributed by atoms with van der Waals surface area (Å²) in [7, 11) is 1.33. The van der Waals surface area contributed by atoms with Crippen molar-refractivity contribution in [3.63, 3.8) is 0 Å². The van der Waals surface area contributed by atoms with Crippen LogP contribution in [-0.2, 0) is 16.0 Å². The predicted octanol–water partition coefficient (Wildman–Crippen LogP) is 4.77. The lowest BCUT2D eigenvalue weighted by molar-refractivity contribution is -0.122. The molecule has 1 N–H and O–H groups in total. The number of hydrogen-bond donors (Lipinski definition) is 1. The fraction of sp³-hybridized carbons (Fsp3) is 0.368. The van der Waals surface area contributed by atoms with E-state index in [2.05, 4.69) is 5.32 Å². The molecule has 0 saturated carbocycles. The van der Waals surface area contributed by atoms with E-state index in [0.717, 1.165) is 16.0 Å². The Morgan fingerprint density at radius 2 is 2.00 bits per heavy atom. The number of esters is 1. The first-order valence-electron chi connectivity index (χ1n) is 8.22. The van der Waals surface area contributed by atoms with Crippen molar-refractivity contribution in [1.82, 2.24) is 0 Å². The summed E-state index contributed by atoms with van der Waals surface area (Å²) in [5, 5.41) is 3.89. The van der Waals surface area contributed by atoms with Gasteiger partial charge in [-0.2, -0.15) is 0 Å². The Balaban J connectivity index is 2.20. The average molecular weight is 396 g/mol. The number of aryl methyl sites for hydroxylation is 2. The molecule has 0 bridgehead atoms. The van der Waals surface area contributed by atoms with Gasteiger partial charge in [0.25, 0.3) is 5.91 Å². The van der Waals surface area contributed by atoms with Gasteiger partial charge in [-0.05, 0) is 56.5 Å². The first kappa shape index (κ1) is 20.3. The van der Waals surface area contributed by atoms with Gasteiger partial charge in [0.1, 0.15) is 10.8 Å². The van der Waals surface area contributed by atoms with E-state index in [1.165, 1.54) is 18.4 Å². The molecule has 0 unspecified atom stereocenters. The zero-order valence-corrected chi connectivity index (χ0v) is 17.0. The number of methoxy groups -OCH3 is 1. The van der Waals surface area contributed by atoms with E-state index in [9.17, 15) is 9.59 Å². The highest BCUT2D eigenvalue weighted by Crippen LogP contribution is 2.34. The molecule has 2 rings (SSSR count). The molecular formula is C19H22ClNO4S. The molecule has 0 aliphatic carbocycles. The Labute approximate surface area is 162 Å². The van der Waals surface area contributed by atoms with Crippen LogP contribution in [0.5, 0.6) is 5.75 Å². The summed E-state index contributed by atoms with van der Waals surface area (Å²) in [5.74, 6) is -0.209. The number of rotatable bonds is 6. The fourth-order valence-corrected chi connectivity index (χ4v) is 3.98. The summed E-state index contributed by atoms with van der Waals surface area (Å²) in [6.45, 7) is 7.39. The summed E-state index contributed by atoms with van der Waals surface area (Å²) < 4.78 is 10.6. The third-order valence-electron chi connectivity index (χ3n) is 4.00. The van der Waals surface area contributed by atoms with Crippen molar-refractivity contribution in [2.45, 2.75) is 40.2 Å². The standard InChI is InChI=1S/C19H22ClNO4S/c1-6-14-12(4)26-18(16(14)19(23)24-5)21-17(22)11(3)25-15-8-7-13(20)9-10(15)2/h7-9,11H,6H2,1-5H3,(H,21,22)/t11-/m1/s1. The lowest BCUT2D eigenvalue weighted by atomic mass is 10.1. The van der Waals surface area contributed by atoms with Gasteiger partial charge in [0.15, 0.2) is 6.10 Å². The fourth-order valence-electron chi connectivity index (χ4n) is 2.61. The topological polar surface area (TPSA) is 64.6 Å². The highest BCUT2D eigenvalue weighted by Gasteiger charge is 2.25. The Morgan fingerprint density at radius 3 is 2.58 bits per heavy atom. The van der Waals surface area contributed by atoms with Gasteiger partial charge in [-0.25, -0.2) is 4.79 Å². The molecule has 26 heavy (non-hydrogen) atoms. The van der Waals surface area contributed by atoms with Gasteiger partial charge in [0.2, 0.25) is 0 Å². The van der Waals surface area contributed by atoms with Crippen LogP contribution in [0.25, 0.3) is 0 Å². The van der Waals surface area contributed by atoms with E-state index in [4.69, 9.17) is 21.1 Å². The lowest BCUT2D eigenvalue weighted by Crippen LogP contribution is -2.30. The predicted molar refractivity (Wildman–Crippen MR) is 105 cm³/mol. The average Bonchev–Trinajstić information content (AvgIpc) is 2.91. The molecule has 1 aromatic carbocycles. The Hall–Kier alpha value is -2.05. The van der Waals surface area contributed by atoms with Crippen molar-refractivity contribution < 1.29 is 19.1 Å². The van der Waals surface area contributed by atoms with Crippen LogP contribution in [0.2, 0.25) is 5.02 Å². The van der Waals surface area contributed by atoms with Crippen LogP contribution in [0.15, 0.2) is 18.2 Å². The van der Waals surface area contributed by atoms with E-state index < -0.39 is 12.1 Å². The zero-order chi connectivity index (χ0) is 19.4. The van der Waals surface area contributed by atoms with Crippen molar-refractivity contribution >= 4 is 39.8 Å². The highest BCUT2D eigenvalue weighted by molar-refractivity contribution is 7.16. The van der Waals surface area contributed by atoms with Gasteiger partial charge >= 0.3 is 5.97 Å². The zero-order valence-electron chi connectivity index (χ0n) is 15.4. The van der Waals surface area contributed by atoms with Crippen LogP contribution in [0, 0.1) is 13.8 Å². The number of nitrogens with one attached hydrogen (secondary N) is 1. The molecule has 2 aromatic rings. The molecule has 7 heteroatoms. The van der Waals surface area contributed by atoms with Crippen LogP contribution >= 0.6 is 22.9 Å². The number of thiophene rings is 1. The van der Waals surface area contributed by atoms with Gasteiger partial charge in [-0.1, -0.05) is 18.5 Å². The van der Waals surface area contributed by atoms with Crippen molar-refractivity contribution in [2.75, 3.05) is 12.4 Å². The number of carbonyl (C=O) groups is 2. The van der Waals surface area contributed by atoms with E-state index in [1.54, 1.807) is 25.1 Å². The summed E-state index contributed by atoms with van der Waals surface area (Å²) >= 11 is 7.30. The third-order valence-corrected chi connectivity index (χ3v) is 5.30. The maximum Gasteiger partial charge on any atom is 0.341 e. The Kier molecular flexibility index (Phi) is 6.67. The molecule has 1 aromatic heterocycles. The summed E-state index contributed by atoms with van der Waals surface area (Å²) in [6, 6.07) is 5.21. The second-order valence-electron chi connectivity index (χ2n) is 5.85. The molecule has 5 nitrogen and oxygen atoms in total. The maximum absolute atomic E-state index is 12.6. The molecule has 0 aliphatic heterocycles. The summed E-state index contributed by atoms with van der Waals surface area (Å²) in [5.41, 5.74) is 2.15. The van der Waals surface area contributed by atoms with E-state index in [1.807, 2.05) is 20.8 Å². The van der Waals surface area contributed by atoms with Crippen molar-refractivity contribution in [3.8, 4) is 5.75 Å². The van der Waals surface area contributed by atoms with Gasteiger partial charge in [0.05, 0.1) is 12.7 Å². The molecule has 1 amide bonds. The first-order valence-corrected chi connectivity index (χ1v) is 9.42.